The summed E-state index contributed by atoms with van der Waals surface area (Å²) in [5, 5.41) is 0. The van der Waals surface area contributed by atoms with Gasteiger partial charge in [-0.2, -0.15) is 11.8 Å². The molecule has 0 bridgehead atoms. The van der Waals surface area contributed by atoms with Crippen molar-refractivity contribution in [1.82, 2.24) is 14.9 Å². The Labute approximate surface area is 119 Å². The molecule has 0 aromatic carbocycles. The van der Waals surface area contributed by atoms with Crippen LogP contribution in [0, 0.1) is 0 Å². The summed E-state index contributed by atoms with van der Waals surface area (Å²) in [5.74, 6) is 2.03. The highest BCUT2D eigenvalue weighted by Crippen LogP contribution is 2.14. The monoisotopic (exact) mass is 281 g/mol. The van der Waals surface area contributed by atoms with Crippen molar-refractivity contribution in [2.24, 2.45) is 5.73 Å². The Balaban J connectivity index is 1.84. The Morgan fingerprint density at radius 2 is 1.95 bits per heavy atom. The summed E-state index contributed by atoms with van der Waals surface area (Å²) in [7, 11) is 0. The number of anilines is 1. The molecule has 2 heterocycles. The van der Waals surface area contributed by atoms with E-state index in [4.69, 9.17) is 5.73 Å². The van der Waals surface area contributed by atoms with Crippen LogP contribution >= 0.6 is 11.8 Å². The van der Waals surface area contributed by atoms with Gasteiger partial charge in [-0.05, 0) is 24.5 Å². The van der Waals surface area contributed by atoms with Crippen molar-refractivity contribution in [1.29, 1.82) is 0 Å². The first-order chi connectivity index (χ1) is 9.35. The van der Waals surface area contributed by atoms with Crippen molar-refractivity contribution in [3.63, 3.8) is 0 Å². The van der Waals surface area contributed by atoms with Crippen LogP contribution in [0.3, 0.4) is 0 Å². The second-order valence-electron chi connectivity index (χ2n) is 4.74. The molecule has 1 fully saturated rings. The lowest BCUT2D eigenvalue weighted by molar-refractivity contribution is 0.185. The minimum absolute atomic E-state index is 0.520. The van der Waals surface area contributed by atoms with Crippen molar-refractivity contribution >= 4 is 17.7 Å². The van der Waals surface area contributed by atoms with E-state index in [2.05, 4.69) is 26.0 Å². The number of nitrogens with zero attached hydrogens (tertiary/aromatic N) is 4. The molecule has 1 aromatic heterocycles. The summed E-state index contributed by atoms with van der Waals surface area (Å²) in [6, 6.07) is 2.37. The van der Waals surface area contributed by atoms with Crippen LogP contribution < -0.4 is 10.6 Å². The SMILES string of the molecule is CSCCC(CN)N1CCN(c2ncccn2)CC1. The maximum Gasteiger partial charge on any atom is 0.225 e. The lowest BCUT2D eigenvalue weighted by atomic mass is 10.1. The summed E-state index contributed by atoms with van der Waals surface area (Å²) >= 11 is 1.89. The fourth-order valence-corrected chi connectivity index (χ4v) is 2.95. The molecule has 1 aromatic rings. The van der Waals surface area contributed by atoms with E-state index in [-0.39, 0.29) is 0 Å². The highest BCUT2D eigenvalue weighted by Gasteiger charge is 2.23. The zero-order valence-electron chi connectivity index (χ0n) is 11.5. The lowest BCUT2D eigenvalue weighted by Crippen LogP contribution is -2.52. The van der Waals surface area contributed by atoms with Crippen LogP contribution in [-0.4, -0.2) is 65.6 Å². The van der Waals surface area contributed by atoms with Gasteiger partial charge in [-0.1, -0.05) is 0 Å². The number of piperazine rings is 1. The van der Waals surface area contributed by atoms with E-state index in [1.807, 2.05) is 17.8 Å². The third kappa shape index (κ3) is 4.06. The third-order valence-electron chi connectivity index (χ3n) is 3.59. The number of hydrogen-bond acceptors (Lipinski definition) is 6. The van der Waals surface area contributed by atoms with Crippen molar-refractivity contribution in [3.05, 3.63) is 18.5 Å². The summed E-state index contributed by atoms with van der Waals surface area (Å²) in [5.41, 5.74) is 5.90. The first-order valence-electron chi connectivity index (χ1n) is 6.80. The molecule has 1 aliphatic heterocycles. The summed E-state index contributed by atoms with van der Waals surface area (Å²) in [4.78, 5) is 13.4. The Hall–Kier alpha value is -0.850. The standard InChI is InChI=1S/C13H23N5S/c1-19-10-3-12(11-14)17-6-8-18(9-7-17)13-15-4-2-5-16-13/h2,4-5,12H,3,6-11,14H2,1H3. The molecule has 1 atom stereocenters. The van der Waals surface area contributed by atoms with Crippen LogP contribution in [-0.2, 0) is 0 Å². The van der Waals surface area contributed by atoms with E-state index in [0.717, 1.165) is 38.7 Å². The third-order valence-corrected chi connectivity index (χ3v) is 4.24. The Morgan fingerprint density at radius 3 is 2.53 bits per heavy atom. The molecular formula is C13H23N5S. The molecule has 2 rings (SSSR count). The quantitative estimate of drug-likeness (QED) is 0.827. The first-order valence-corrected chi connectivity index (χ1v) is 8.19. The zero-order valence-corrected chi connectivity index (χ0v) is 12.4. The molecule has 0 aliphatic carbocycles. The van der Waals surface area contributed by atoms with Crippen LogP contribution in [0.25, 0.3) is 0 Å². The lowest BCUT2D eigenvalue weighted by Gasteiger charge is -2.38. The average molecular weight is 281 g/mol. The second-order valence-corrected chi connectivity index (χ2v) is 5.73. The van der Waals surface area contributed by atoms with E-state index in [0.29, 0.717) is 6.04 Å². The van der Waals surface area contributed by atoms with Crippen LogP contribution in [0.1, 0.15) is 6.42 Å². The molecule has 5 nitrogen and oxygen atoms in total. The maximum absolute atomic E-state index is 5.90. The molecule has 6 heteroatoms. The zero-order chi connectivity index (χ0) is 13.5. The maximum atomic E-state index is 5.90. The molecule has 1 saturated heterocycles. The molecular weight excluding hydrogens is 258 g/mol. The molecule has 106 valence electrons. The van der Waals surface area contributed by atoms with E-state index >= 15 is 0 Å². The molecule has 0 spiro atoms. The van der Waals surface area contributed by atoms with Gasteiger partial charge in [0.25, 0.3) is 0 Å². The summed E-state index contributed by atoms with van der Waals surface area (Å²) < 4.78 is 0. The van der Waals surface area contributed by atoms with Crippen LogP contribution in [0.5, 0.6) is 0 Å². The summed E-state index contributed by atoms with van der Waals surface area (Å²) in [6.07, 6.45) is 6.93. The topological polar surface area (TPSA) is 58.3 Å². The highest BCUT2D eigenvalue weighted by molar-refractivity contribution is 7.98. The van der Waals surface area contributed by atoms with Crippen molar-refractivity contribution in [3.8, 4) is 0 Å². The Morgan fingerprint density at radius 1 is 1.26 bits per heavy atom. The van der Waals surface area contributed by atoms with Crippen LogP contribution in [0.2, 0.25) is 0 Å². The van der Waals surface area contributed by atoms with Crippen molar-refractivity contribution in [2.45, 2.75) is 12.5 Å². The molecule has 1 aliphatic rings. The first kappa shape index (κ1) is 14.6. The summed E-state index contributed by atoms with van der Waals surface area (Å²) in [6.45, 7) is 4.82. The van der Waals surface area contributed by atoms with E-state index < -0.39 is 0 Å². The van der Waals surface area contributed by atoms with Gasteiger partial charge in [0.15, 0.2) is 0 Å². The van der Waals surface area contributed by atoms with Gasteiger partial charge in [-0.15, -0.1) is 0 Å². The Kier molecular flexibility index (Phi) is 5.88. The van der Waals surface area contributed by atoms with Gasteiger partial charge in [-0.25, -0.2) is 9.97 Å². The van der Waals surface area contributed by atoms with Gasteiger partial charge in [0.05, 0.1) is 0 Å². The number of aromatic nitrogens is 2. The van der Waals surface area contributed by atoms with Gasteiger partial charge in [0, 0.05) is 51.2 Å². The number of thioether (sulfide) groups is 1. The number of nitrogens with two attached hydrogens (primary N) is 1. The van der Waals surface area contributed by atoms with Gasteiger partial charge in [-0.3, -0.25) is 4.90 Å². The van der Waals surface area contributed by atoms with Crippen LogP contribution in [0.4, 0.5) is 5.95 Å². The van der Waals surface area contributed by atoms with Crippen molar-refractivity contribution < 1.29 is 0 Å². The van der Waals surface area contributed by atoms with Crippen LogP contribution in [0.15, 0.2) is 18.5 Å². The normalized spacial score (nSPS) is 18.5. The van der Waals surface area contributed by atoms with Gasteiger partial charge in [0.2, 0.25) is 5.95 Å². The molecule has 0 saturated carbocycles. The predicted molar refractivity (Wildman–Crippen MR) is 81.7 cm³/mol. The molecule has 19 heavy (non-hydrogen) atoms. The van der Waals surface area contributed by atoms with Gasteiger partial charge >= 0.3 is 0 Å². The second kappa shape index (κ2) is 7.67. The van der Waals surface area contributed by atoms with E-state index in [9.17, 15) is 0 Å². The van der Waals surface area contributed by atoms with E-state index in [1.54, 1.807) is 12.4 Å². The average Bonchev–Trinajstić information content (AvgIpc) is 2.49. The Bertz CT molecular complexity index is 353. The largest absolute Gasteiger partial charge is 0.338 e. The number of hydrogen-bond donors (Lipinski definition) is 1. The molecule has 1 unspecified atom stereocenters. The highest BCUT2D eigenvalue weighted by atomic mass is 32.2. The minimum atomic E-state index is 0.520. The molecule has 2 N–H and O–H groups in total. The molecule has 0 amide bonds. The smallest absolute Gasteiger partial charge is 0.225 e. The fraction of sp³-hybridized carbons (Fsp3) is 0.692. The predicted octanol–water partition coefficient (Wildman–Crippen LogP) is 0.679. The van der Waals surface area contributed by atoms with Crippen molar-refractivity contribution in [2.75, 3.05) is 49.6 Å². The fourth-order valence-electron chi connectivity index (χ4n) is 2.44. The molecule has 0 radical (unpaired) electrons. The van der Waals surface area contributed by atoms with E-state index in [1.165, 1.54) is 12.2 Å². The van der Waals surface area contributed by atoms with Gasteiger partial charge < -0.3 is 10.6 Å². The minimum Gasteiger partial charge on any atom is -0.338 e. The van der Waals surface area contributed by atoms with Gasteiger partial charge in [0.1, 0.15) is 0 Å². The number of rotatable bonds is 6.